The SMILES string of the molecule is CC(c1cccc(F)c1)c1cnc(C(N)=O)c(Nc2ccc(N3CCN(C)CC3)cc2)c1. The molecular weight excluding hydrogens is 405 g/mol. The number of amides is 1. The normalized spacial score (nSPS) is 15.4. The second-order valence-corrected chi connectivity index (χ2v) is 8.27. The number of primary amides is 1. The van der Waals surface area contributed by atoms with Crippen LogP contribution in [-0.2, 0) is 0 Å². The van der Waals surface area contributed by atoms with Gasteiger partial charge in [-0.05, 0) is 60.6 Å². The average Bonchev–Trinajstić information content (AvgIpc) is 2.79. The van der Waals surface area contributed by atoms with Crippen LogP contribution in [0.1, 0.15) is 34.5 Å². The molecule has 1 atom stereocenters. The first kappa shape index (κ1) is 21.8. The van der Waals surface area contributed by atoms with E-state index in [1.165, 1.54) is 17.8 Å². The van der Waals surface area contributed by atoms with Crippen LogP contribution < -0.4 is 16.0 Å². The van der Waals surface area contributed by atoms with Gasteiger partial charge in [0.25, 0.3) is 5.91 Å². The van der Waals surface area contributed by atoms with Crippen LogP contribution in [0.2, 0.25) is 0 Å². The van der Waals surface area contributed by atoms with Crippen molar-refractivity contribution in [2.75, 3.05) is 43.4 Å². The summed E-state index contributed by atoms with van der Waals surface area (Å²) in [6.45, 7) is 6.07. The molecule has 0 spiro atoms. The number of rotatable bonds is 6. The van der Waals surface area contributed by atoms with E-state index >= 15 is 0 Å². The molecule has 3 aromatic rings. The Hall–Kier alpha value is -3.45. The van der Waals surface area contributed by atoms with Gasteiger partial charge in [0.05, 0.1) is 5.69 Å². The van der Waals surface area contributed by atoms with Crippen molar-refractivity contribution in [1.29, 1.82) is 0 Å². The van der Waals surface area contributed by atoms with Crippen molar-refractivity contribution in [2.24, 2.45) is 5.73 Å². The molecule has 1 aliphatic rings. The minimum atomic E-state index is -0.605. The van der Waals surface area contributed by atoms with Crippen molar-refractivity contribution in [1.82, 2.24) is 9.88 Å². The Morgan fingerprint density at radius 3 is 2.44 bits per heavy atom. The third-order valence-electron chi connectivity index (χ3n) is 6.01. The molecule has 1 unspecified atom stereocenters. The molecule has 0 radical (unpaired) electrons. The molecule has 4 rings (SSSR count). The van der Waals surface area contributed by atoms with Crippen molar-refractivity contribution in [3.63, 3.8) is 0 Å². The Bertz CT molecular complexity index is 1090. The number of aromatic nitrogens is 1. The summed E-state index contributed by atoms with van der Waals surface area (Å²) in [7, 11) is 2.14. The first-order chi connectivity index (χ1) is 15.4. The topological polar surface area (TPSA) is 74.5 Å². The number of piperazine rings is 1. The van der Waals surface area contributed by atoms with Gasteiger partial charge in [-0.1, -0.05) is 19.1 Å². The zero-order valence-corrected chi connectivity index (χ0v) is 18.4. The van der Waals surface area contributed by atoms with Gasteiger partial charge < -0.3 is 20.9 Å². The van der Waals surface area contributed by atoms with E-state index in [9.17, 15) is 9.18 Å². The number of nitrogens with two attached hydrogens (primary N) is 1. The highest BCUT2D eigenvalue weighted by Crippen LogP contribution is 2.29. The van der Waals surface area contributed by atoms with Crippen molar-refractivity contribution >= 4 is 23.0 Å². The molecule has 1 aromatic heterocycles. The molecule has 1 fully saturated rings. The summed E-state index contributed by atoms with van der Waals surface area (Å²) in [4.78, 5) is 20.9. The Morgan fingerprint density at radius 2 is 1.78 bits per heavy atom. The molecule has 2 heterocycles. The number of likely N-dealkylation sites (N-methyl/N-ethyl adjacent to an activating group) is 1. The highest BCUT2D eigenvalue weighted by molar-refractivity contribution is 5.97. The fourth-order valence-electron chi connectivity index (χ4n) is 3.95. The van der Waals surface area contributed by atoms with Crippen LogP contribution in [0.25, 0.3) is 0 Å². The molecule has 0 aliphatic carbocycles. The monoisotopic (exact) mass is 433 g/mol. The zero-order chi connectivity index (χ0) is 22.7. The zero-order valence-electron chi connectivity index (χ0n) is 18.4. The summed E-state index contributed by atoms with van der Waals surface area (Å²) in [6.07, 6.45) is 1.62. The van der Waals surface area contributed by atoms with Crippen LogP contribution in [0.15, 0.2) is 60.8 Å². The molecule has 7 heteroatoms. The van der Waals surface area contributed by atoms with Crippen molar-refractivity contribution in [2.45, 2.75) is 12.8 Å². The van der Waals surface area contributed by atoms with Crippen LogP contribution in [0.4, 0.5) is 21.5 Å². The van der Waals surface area contributed by atoms with Gasteiger partial charge in [-0.25, -0.2) is 9.37 Å². The molecule has 1 amide bonds. The van der Waals surface area contributed by atoms with Crippen molar-refractivity contribution < 1.29 is 9.18 Å². The number of hydrogen-bond acceptors (Lipinski definition) is 5. The van der Waals surface area contributed by atoms with E-state index < -0.39 is 5.91 Å². The summed E-state index contributed by atoms with van der Waals surface area (Å²) in [5.41, 5.74) is 9.96. The molecule has 2 aromatic carbocycles. The van der Waals surface area contributed by atoms with Crippen LogP contribution in [0, 0.1) is 5.82 Å². The lowest BCUT2D eigenvalue weighted by molar-refractivity contribution is 0.0996. The molecule has 1 aliphatic heterocycles. The van der Waals surface area contributed by atoms with Crippen molar-refractivity contribution in [3.8, 4) is 0 Å². The van der Waals surface area contributed by atoms with Crippen LogP contribution in [-0.4, -0.2) is 49.0 Å². The number of carbonyl (C=O) groups excluding carboxylic acids is 1. The smallest absolute Gasteiger partial charge is 0.269 e. The minimum absolute atomic E-state index is 0.0970. The minimum Gasteiger partial charge on any atom is -0.369 e. The summed E-state index contributed by atoms with van der Waals surface area (Å²) >= 11 is 0. The Kier molecular flexibility index (Phi) is 6.37. The van der Waals surface area contributed by atoms with Crippen LogP contribution >= 0.6 is 0 Å². The number of anilines is 3. The molecule has 0 saturated carbocycles. The van der Waals surface area contributed by atoms with Crippen LogP contribution in [0.3, 0.4) is 0 Å². The lowest BCUT2D eigenvalue weighted by Gasteiger charge is -2.34. The van der Waals surface area contributed by atoms with E-state index in [-0.39, 0.29) is 17.4 Å². The fourth-order valence-corrected chi connectivity index (χ4v) is 3.95. The molecule has 6 nitrogen and oxygen atoms in total. The highest BCUT2D eigenvalue weighted by atomic mass is 19.1. The Balaban J connectivity index is 1.56. The van der Waals surface area contributed by atoms with E-state index in [4.69, 9.17) is 5.73 Å². The molecule has 32 heavy (non-hydrogen) atoms. The van der Waals surface area contributed by atoms with Gasteiger partial charge in [0.2, 0.25) is 0 Å². The predicted molar refractivity (Wildman–Crippen MR) is 126 cm³/mol. The average molecular weight is 434 g/mol. The van der Waals surface area contributed by atoms with Gasteiger partial charge in [-0.2, -0.15) is 0 Å². The fraction of sp³-hybridized carbons (Fsp3) is 0.280. The van der Waals surface area contributed by atoms with E-state index in [2.05, 4.69) is 39.3 Å². The number of halogens is 1. The maximum atomic E-state index is 13.7. The van der Waals surface area contributed by atoms with Gasteiger partial charge in [-0.15, -0.1) is 0 Å². The number of nitrogens with one attached hydrogen (secondary N) is 1. The van der Waals surface area contributed by atoms with E-state index in [0.29, 0.717) is 5.69 Å². The standard InChI is InChI=1S/C25H28FN5O/c1-17(18-4-3-5-20(26)14-18)19-15-23(24(25(27)32)28-16-19)29-21-6-8-22(9-7-21)31-12-10-30(2)11-13-31/h3-9,14-17,29H,10-13H2,1-2H3,(H2,27,32). The number of pyridine rings is 1. The second kappa shape index (κ2) is 9.36. The van der Waals surface area contributed by atoms with Gasteiger partial charge >= 0.3 is 0 Å². The molecule has 166 valence electrons. The quantitative estimate of drug-likeness (QED) is 0.615. The van der Waals surface area contributed by atoms with E-state index in [1.807, 2.05) is 31.2 Å². The number of nitrogens with zero attached hydrogens (tertiary/aromatic N) is 3. The lowest BCUT2D eigenvalue weighted by Crippen LogP contribution is -2.44. The Morgan fingerprint density at radius 1 is 1.06 bits per heavy atom. The van der Waals surface area contributed by atoms with E-state index in [0.717, 1.165) is 43.0 Å². The molecule has 0 bridgehead atoms. The third-order valence-corrected chi connectivity index (χ3v) is 6.01. The number of hydrogen-bond donors (Lipinski definition) is 2. The number of benzene rings is 2. The summed E-state index contributed by atoms with van der Waals surface area (Å²) in [6, 6.07) is 16.5. The van der Waals surface area contributed by atoms with Gasteiger partial charge in [0, 0.05) is 49.7 Å². The second-order valence-electron chi connectivity index (χ2n) is 8.27. The van der Waals surface area contributed by atoms with Gasteiger partial charge in [0.1, 0.15) is 5.82 Å². The molecule has 3 N–H and O–H groups in total. The lowest BCUT2D eigenvalue weighted by atomic mass is 9.93. The predicted octanol–water partition coefficient (Wildman–Crippen LogP) is 3.97. The van der Waals surface area contributed by atoms with Gasteiger partial charge in [0.15, 0.2) is 5.69 Å². The third kappa shape index (κ3) is 4.89. The maximum absolute atomic E-state index is 13.7. The maximum Gasteiger partial charge on any atom is 0.269 e. The summed E-state index contributed by atoms with van der Waals surface area (Å²) in [5.74, 6) is -0.985. The van der Waals surface area contributed by atoms with E-state index in [1.54, 1.807) is 12.3 Å². The number of carbonyl (C=O) groups is 1. The summed E-state index contributed by atoms with van der Waals surface area (Å²) in [5, 5.41) is 3.29. The van der Waals surface area contributed by atoms with Crippen molar-refractivity contribution in [3.05, 3.63) is 83.4 Å². The summed E-state index contributed by atoms with van der Waals surface area (Å²) < 4.78 is 13.7. The highest BCUT2D eigenvalue weighted by Gasteiger charge is 2.17. The molecule has 1 saturated heterocycles. The molecular formula is C25H28FN5O. The largest absolute Gasteiger partial charge is 0.369 e. The Labute approximate surface area is 187 Å². The first-order valence-corrected chi connectivity index (χ1v) is 10.8. The van der Waals surface area contributed by atoms with Gasteiger partial charge in [-0.3, -0.25) is 4.79 Å². The first-order valence-electron chi connectivity index (χ1n) is 10.8. The van der Waals surface area contributed by atoms with Crippen LogP contribution in [0.5, 0.6) is 0 Å².